The van der Waals surface area contributed by atoms with Crippen LogP contribution < -0.4 is 10.5 Å². The number of piperidine rings is 1. The topological polar surface area (TPSA) is 41.7 Å². The quantitative estimate of drug-likeness (QED) is 0.856. The lowest BCUT2D eigenvalue weighted by Gasteiger charge is -2.31. The zero-order chi connectivity index (χ0) is 14.4. The molecule has 20 heavy (non-hydrogen) atoms. The highest BCUT2D eigenvalue weighted by atomic mass is 16.5. The molecule has 112 valence electrons. The fourth-order valence-electron chi connectivity index (χ4n) is 2.65. The van der Waals surface area contributed by atoms with E-state index in [-0.39, 0.29) is 0 Å². The summed E-state index contributed by atoms with van der Waals surface area (Å²) in [5.74, 6) is 0.931. The Morgan fingerprint density at radius 1 is 1.35 bits per heavy atom. The van der Waals surface area contributed by atoms with Crippen molar-refractivity contribution in [1.29, 1.82) is 0 Å². The molecule has 0 radical (unpaired) electrons. The second-order valence-electron chi connectivity index (χ2n) is 5.77. The predicted octanol–water partition coefficient (Wildman–Crippen LogP) is 1.55. The van der Waals surface area contributed by atoms with Gasteiger partial charge in [0.1, 0.15) is 5.75 Å². The maximum Gasteiger partial charge on any atom is 0.119 e. The van der Waals surface area contributed by atoms with E-state index in [1.807, 2.05) is 12.1 Å². The summed E-state index contributed by atoms with van der Waals surface area (Å²) < 4.78 is 5.26. The summed E-state index contributed by atoms with van der Waals surface area (Å²) in [7, 11) is 3.89. The lowest BCUT2D eigenvalue weighted by atomic mass is 10.1. The van der Waals surface area contributed by atoms with Crippen molar-refractivity contribution in [2.45, 2.75) is 25.4 Å². The van der Waals surface area contributed by atoms with Crippen LogP contribution in [0.15, 0.2) is 24.3 Å². The number of methoxy groups -OCH3 is 1. The van der Waals surface area contributed by atoms with E-state index in [4.69, 9.17) is 10.5 Å². The number of nitrogens with zero attached hydrogens (tertiary/aromatic N) is 2. The average molecular weight is 277 g/mol. The van der Waals surface area contributed by atoms with Crippen molar-refractivity contribution in [3.8, 4) is 5.75 Å². The van der Waals surface area contributed by atoms with E-state index < -0.39 is 0 Å². The molecule has 0 aromatic heterocycles. The van der Waals surface area contributed by atoms with Crippen molar-refractivity contribution in [3.63, 3.8) is 0 Å². The van der Waals surface area contributed by atoms with Crippen LogP contribution in [0.25, 0.3) is 0 Å². The van der Waals surface area contributed by atoms with E-state index in [1.54, 1.807) is 7.11 Å². The van der Waals surface area contributed by atoms with Gasteiger partial charge < -0.3 is 20.3 Å². The Hall–Kier alpha value is -1.10. The lowest BCUT2D eigenvalue weighted by molar-refractivity contribution is 0.183. The van der Waals surface area contributed by atoms with Gasteiger partial charge in [0.25, 0.3) is 0 Å². The van der Waals surface area contributed by atoms with Crippen molar-refractivity contribution >= 4 is 0 Å². The van der Waals surface area contributed by atoms with Crippen molar-refractivity contribution in [1.82, 2.24) is 9.80 Å². The molecule has 1 aliphatic rings. The van der Waals surface area contributed by atoms with E-state index >= 15 is 0 Å². The summed E-state index contributed by atoms with van der Waals surface area (Å²) in [6, 6.07) is 8.71. The van der Waals surface area contributed by atoms with Crippen LogP contribution in [0.1, 0.15) is 18.4 Å². The summed E-state index contributed by atoms with van der Waals surface area (Å²) in [5.41, 5.74) is 7.23. The lowest BCUT2D eigenvalue weighted by Crippen LogP contribution is -2.42. The molecule has 0 atom stereocenters. The summed E-state index contributed by atoms with van der Waals surface area (Å²) in [6.45, 7) is 5.48. The van der Waals surface area contributed by atoms with Crippen molar-refractivity contribution in [3.05, 3.63) is 29.8 Å². The Morgan fingerprint density at radius 2 is 2.10 bits per heavy atom. The van der Waals surface area contributed by atoms with Gasteiger partial charge in [-0.2, -0.15) is 0 Å². The largest absolute Gasteiger partial charge is 0.497 e. The first kappa shape index (κ1) is 15.3. The fourth-order valence-corrected chi connectivity index (χ4v) is 2.65. The molecule has 1 aromatic carbocycles. The molecular weight excluding hydrogens is 250 g/mol. The van der Waals surface area contributed by atoms with Crippen molar-refractivity contribution in [2.24, 2.45) is 5.73 Å². The molecule has 4 nitrogen and oxygen atoms in total. The molecular formula is C16H27N3O. The van der Waals surface area contributed by atoms with E-state index in [1.165, 1.54) is 5.56 Å². The van der Waals surface area contributed by atoms with Crippen molar-refractivity contribution < 1.29 is 4.74 Å². The Kier molecular flexibility index (Phi) is 5.83. The van der Waals surface area contributed by atoms with Crippen LogP contribution in [-0.4, -0.2) is 56.2 Å². The van der Waals surface area contributed by atoms with Gasteiger partial charge in [0, 0.05) is 25.7 Å². The molecule has 2 rings (SSSR count). The number of benzene rings is 1. The first-order chi connectivity index (χ1) is 9.67. The standard InChI is InChI=1S/C16H27N3O/c1-18(10-11-19-8-6-15(17)7-9-19)13-14-4-3-5-16(12-14)20-2/h3-5,12,15H,6-11,13,17H2,1-2H3. The summed E-state index contributed by atoms with van der Waals surface area (Å²) in [4.78, 5) is 4.88. The molecule has 0 spiro atoms. The maximum atomic E-state index is 5.93. The number of hydrogen-bond acceptors (Lipinski definition) is 4. The average Bonchev–Trinajstić information content (AvgIpc) is 2.47. The zero-order valence-electron chi connectivity index (χ0n) is 12.7. The smallest absolute Gasteiger partial charge is 0.119 e. The minimum atomic E-state index is 0.417. The summed E-state index contributed by atoms with van der Waals surface area (Å²) in [6.07, 6.45) is 2.28. The summed E-state index contributed by atoms with van der Waals surface area (Å²) >= 11 is 0. The van der Waals surface area contributed by atoms with Gasteiger partial charge in [-0.25, -0.2) is 0 Å². The zero-order valence-corrected chi connectivity index (χ0v) is 12.7. The van der Waals surface area contributed by atoms with E-state index in [0.717, 1.165) is 51.3 Å². The highest BCUT2D eigenvalue weighted by Gasteiger charge is 2.15. The Balaban J connectivity index is 1.73. The molecule has 4 heteroatoms. The summed E-state index contributed by atoms with van der Waals surface area (Å²) in [5, 5.41) is 0. The van der Waals surface area contributed by atoms with Gasteiger partial charge in [0.05, 0.1) is 7.11 Å². The van der Waals surface area contributed by atoms with Crippen molar-refractivity contribution in [2.75, 3.05) is 40.3 Å². The molecule has 1 saturated heterocycles. The third kappa shape index (κ3) is 4.78. The number of likely N-dealkylation sites (N-methyl/N-ethyl adjacent to an activating group) is 1. The molecule has 1 fully saturated rings. The second-order valence-corrected chi connectivity index (χ2v) is 5.77. The van der Waals surface area contributed by atoms with Gasteiger partial charge >= 0.3 is 0 Å². The van der Waals surface area contributed by atoms with E-state index in [9.17, 15) is 0 Å². The van der Waals surface area contributed by atoms with Gasteiger partial charge in [-0.15, -0.1) is 0 Å². The SMILES string of the molecule is COc1cccc(CN(C)CCN2CCC(N)CC2)c1. The van der Waals surface area contributed by atoms with Gasteiger partial charge in [-0.05, 0) is 50.7 Å². The molecule has 0 bridgehead atoms. The number of rotatable bonds is 6. The molecule has 1 aromatic rings. The normalized spacial score (nSPS) is 17.6. The molecule has 2 N–H and O–H groups in total. The highest BCUT2D eigenvalue weighted by Crippen LogP contribution is 2.14. The van der Waals surface area contributed by atoms with Gasteiger partial charge in [-0.1, -0.05) is 12.1 Å². The molecule has 0 unspecified atom stereocenters. The minimum absolute atomic E-state index is 0.417. The predicted molar refractivity (Wildman–Crippen MR) is 83.0 cm³/mol. The maximum absolute atomic E-state index is 5.93. The molecule has 1 heterocycles. The molecule has 0 amide bonds. The Labute approximate surface area is 122 Å². The number of likely N-dealkylation sites (tertiary alicyclic amines) is 1. The Bertz CT molecular complexity index is 402. The molecule has 1 aliphatic heterocycles. The van der Waals surface area contributed by atoms with E-state index in [0.29, 0.717) is 6.04 Å². The van der Waals surface area contributed by atoms with Gasteiger partial charge in [0.2, 0.25) is 0 Å². The van der Waals surface area contributed by atoms with Gasteiger partial charge in [-0.3, -0.25) is 0 Å². The second kappa shape index (κ2) is 7.62. The number of ether oxygens (including phenoxy) is 1. The van der Waals surface area contributed by atoms with Crippen LogP contribution in [0.2, 0.25) is 0 Å². The first-order valence-electron chi connectivity index (χ1n) is 7.47. The third-order valence-corrected chi connectivity index (χ3v) is 4.02. The number of hydrogen-bond donors (Lipinski definition) is 1. The Morgan fingerprint density at radius 3 is 2.80 bits per heavy atom. The third-order valence-electron chi connectivity index (χ3n) is 4.02. The molecule has 0 aliphatic carbocycles. The van der Waals surface area contributed by atoms with Crippen LogP contribution >= 0.6 is 0 Å². The first-order valence-corrected chi connectivity index (χ1v) is 7.47. The molecule has 0 saturated carbocycles. The fraction of sp³-hybridized carbons (Fsp3) is 0.625. The van der Waals surface area contributed by atoms with Crippen LogP contribution in [0, 0.1) is 0 Å². The van der Waals surface area contributed by atoms with Crippen LogP contribution in [0.5, 0.6) is 5.75 Å². The van der Waals surface area contributed by atoms with Crippen LogP contribution in [-0.2, 0) is 6.54 Å². The minimum Gasteiger partial charge on any atom is -0.497 e. The van der Waals surface area contributed by atoms with Crippen LogP contribution in [0.4, 0.5) is 0 Å². The van der Waals surface area contributed by atoms with E-state index in [2.05, 4.69) is 29.0 Å². The number of nitrogens with two attached hydrogens (primary N) is 1. The highest BCUT2D eigenvalue weighted by molar-refractivity contribution is 5.28. The van der Waals surface area contributed by atoms with Gasteiger partial charge in [0.15, 0.2) is 0 Å². The monoisotopic (exact) mass is 277 g/mol. The van der Waals surface area contributed by atoms with Crippen LogP contribution in [0.3, 0.4) is 0 Å².